The molecule has 0 amide bonds. The van der Waals surface area contributed by atoms with E-state index in [0.29, 0.717) is 0 Å². The molecule has 1 heterocycles. The lowest BCUT2D eigenvalue weighted by Gasteiger charge is -2.02. The quantitative estimate of drug-likeness (QED) is 0.639. The third-order valence-corrected chi connectivity index (χ3v) is 3.81. The molecule has 88 valence electrons. The molecule has 0 aliphatic rings. The Labute approximate surface area is 113 Å². The first kappa shape index (κ1) is 12.4. The highest BCUT2D eigenvalue weighted by atomic mass is 79.9. The molecule has 5 heteroatoms. The Kier molecular flexibility index (Phi) is 4.02. The van der Waals surface area contributed by atoms with Crippen molar-refractivity contribution in [2.45, 2.75) is 5.16 Å². The molecular weight excluding hydrogens is 298 g/mol. The molecule has 1 aromatic heterocycles. The molecule has 0 spiro atoms. The molecule has 0 bridgehead atoms. The second kappa shape index (κ2) is 5.51. The second-order valence-electron chi connectivity index (χ2n) is 3.47. The summed E-state index contributed by atoms with van der Waals surface area (Å²) in [6.45, 7) is 3.70. The molecular formula is C12H12BrN3S. The Balaban J connectivity index is 2.30. The minimum Gasteiger partial charge on any atom is -0.305 e. The van der Waals surface area contributed by atoms with Crippen LogP contribution in [0.3, 0.4) is 0 Å². The van der Waals surface area contributed by atoms with Gasteiger partial charge in [-0.05, 0) is 12.1 Å². The largest absolute Gasteiger partial charge is 0.305 e. The number of nitrogens with zero attached hydrogens (tertiary/aromatic N) is 3. The fourth-order valence-electron chi connectivity index (χ4n) is 1.42. The summed E-state index contributed by atoms with van der Waals surface area (Å²) in [6.07, 6.45) is 1.86. The summed E-state index contributed by atoms with van der Waals surface area (Å²) in [5.41, 5.74) is 1.06. The minimum absolute atomic E-state index is 0.840. The summed E-state index contributed by atoms with van der Waals surface area (Å²) in [4.78, 5) is 0. The van der Waals surface area contributed by atoms with E-state index >= 15 is 0 Å². The number of aromatic nitrogens is 3. The molecule has 0 unspecified atom stereocenters. The van der Waals surface area contributed by atoms with Crippen LogP contribution in [0.15, 0.2) is 46.5 Å². The first-order valence-electron chi connectivity index (χ1n) is 5.11. The first-order chi connectivity index (χ1) is 8.22. The third-order valence-electron chi connectivity index (χ3n) is 2.27. The van der Waals surface area contributed by atoms with Crippen LogP contribution in [0.2, 0.25) is 0 Å². The van der Waals surface area contributed by atoms with Crippen molar-refractivity contribution >= 4 is 27.7 Å². The van der Waals surface area contributed by atoms with E-state index < -0.39 is 0 Å². The monoisotopic (exact) mass is 309 g/mol. The zero-order chi connectivity index (χ0) is 12.3. The van der Waals surface area contributed by atoms with Gasteiger partial charge < -0.3 is 4.57 Å². The van der Waals surface area contributed by atoms with E-state index in [1.54, 1.807) is 11.8 Å². The van der Waals surface area contributed by atoms with E-state index in [9.17, 15) is 0 Å². The topological polar surface area (TPSA) is 30.7 Å². The van der Waals surface area contributed by atoms with Gasteiger partial charge in [0.25, 0.3) is 0 Å². The summed E-state index contributed by atoms with van der Waals surface area (Å²) < 4.78 is 3.06. The van der Waals surface area contributed by atoms with Gasteiger partial charge in [0.05, 0.1) is 0 Å². The molecule has 3 nitrogen and oxygen atoms in total. The van der Waals surface area contributed by atoms with Crippen molar-refractivity contribution in [1.82, 2.24) is 14.8 Å². The van der Waals surface area contributed by atoms with Gasteiger partial charge in [0.2, 0.25) is 0 Å². The zero-order valence-electron chi connectivity index (χ0n) is 9.43. The highest BCUT2D eigenvalue weighted by Gasteiger charge is 2.10. The molecule has 0 saturated heterocycles. The normalized spacial score (nSPS) is 10.5. The standard InChI is InChI=1S/C12H12BrN3S/c1-3-8-17-12-15-14-11(16(12)2)9-4-6-10(13)7-5-9/h3-7H,1,8H2,2H3. The summed E-state index contributed by atoms with van der Waals surface area (Å²) in [6, 6.07) is 8.05. The van der Waals surface area contributed by atoms with Gasteiger partial charge in [-0.15, -0.1) is 16.8 Å². The Morgan fingerprint density at radius 1 is 1.35 bits per heavy atom. The fourth-order valence-corrected chi connectivity index (χ4v) is 2.33. The molecule has 2 aromatic rings. The van der Waals surface area contributed by atoms with Gasteiger partial charge in [-0.1, -0.05) is 45.9 Å². The van der Waals surface area contributed by atoms with E-state index in [1.165, 1.54) is 0 Å². The highest BCUT2D eigenvalue weighted by molar-refractivity contribution is 9.10. The van der Waals surface area contributed by atoms with Crippen LogP contribution in [0.4, 0.5) is 0 Å². The number of hydrogen-bond acceptors (Lipinski definition) is 3. The van der Waals surface area contributed by atoms with Gasteiger partial charge in [-0.25, -0.2) is 0 Å². The van der Waals surface area contributed by atoms with Crippen LogP contribution in [-0.2, 0) is 7.05 Å². The molecule has 0 N–H and O–H groups in total. The Hall–Kier alpha value is -1.07. The summed E-state index contributed by atoms with van der Waals surface area (Å²) in [7, 11) is 1.97. The summed E-state index contributed by atoms with van der Waals surface area (Å²) in [5.74, 6) is 1.72. The van der Waals surface area contributed by atoms with Crippen LogP contribution >= 0.6 is 27.7 Å². The molecule has 1 aromatic carbocycles. The van der Waals surface area contributed by atoms with Gasteiger partial charge in [0.15, 0.2) is 11.0 Å². The molecule has 2 rings (SSSR count). The van der Waals surface area contributed by atoms with Gasteiger partial charge in [0, 0.05) is 22.8 Å². The predicted molar refractivity (Wildman–Crippen MR) is 75.1 cm³/mol. The molecule has 0 fully saturated rings. The smallest absolute Gasteiger partial charge is 0.191 e. The second-order valence-corrected chi connectivity index (χ2v) is 5.37. The van der Waals surface area contributed by atoms with Crippen LogP contribution in [-0.4, -0.2) is 20.5 Å². The number of rotatable bonds is 4. The van der Waals surface area contributed by atoms with E-state index in [2.05, 4.69) is 32.7 Å². The van der Waals surface area contributed by atoms with Crippen molar-refractivity contribution in [3.8, 4) is 11.4 Å². The number of thioether (sulfide) groups is 1. The van der Waals surface area contributed by atoms with Gasteiger partial charge >= 0.3 is 0 Å². The Bertz CT molecular complexity index is 519. The van der Waals surface area contributed by atoms with Crippen molar-refractivity contribution in [2.75, 3.05) is 5.75 Å². The van der Waals surface area contributed by atoms with Crippen molar-refractivity contribution < 1.29 is 0 Å². The van der Waals surface area contributed by atoms with E-state index in [1.807, 2.05) is 42.0 Å². The minimum atomic E-state index is 0.840. The number of halogens is 1. The van der Waals surface area contributed by atoms with Crippen LogP contribution < -0.4 is 0 Å². The molecule has 17 heavy (non-hydrogen) atoms. The van der Waals surface area contributed by atoms with Crippen LogP contribution in [0, 0.1) is 0 Å². The van der Waals surface area contributed by atoms with Crippen LogP contribution in [0.5, 0.6) is 0 Å². The van der Waals surface area contributed by atoms with E-state index in [0.717, 1.165) is 26.8 Å². The maximum atomic E-state index is 4.21. The van der Waals surface area contributed by atoms with Crippen molar-refractivity contribution in [3.05, 3.63) is 41.4 Å². The zero-order valence-corrected chi connectivity index (χ0v) is 11.8. The highest BCUT2D eigenvalue weighted by Crippen LogP contribution is 2.23. The molecule has 0 aliphatic heterocycles. The van der Waals surface area contributed by atoms with E-state index in [-0.39, 0.29) is 0 Å². The van der Waals surface area contributed by atoms with Crippen molar-refractivity contribution in [3.63, 3.8) is 0 Å². The van der Waals surface area contributed by atoms with E-state index in [4.69, 9.17) is 0 Å². The molecule has 0 saturated carbocycles. The van der Waals surface area contributed by atoms with Crippen molar-refractivity contribution in [1.29, 1.82) is 0 Å². The molecule has 0 atom stereocenters. The van der Waals surface area contributed by atoms with Crippen LogP contribution in [0.1, 0.15) is 0 Å². The van der Waals surface area contributed by atoms with Gasteiger partial charge in [-0.3, -0.25) is 0 Å². The van der Waals surface area contributed by atoms with Gasteiger partial charge in [-0.2, -0.15) is 0 Å². The third kappa shape index (κ3) is 2.79. The first-order valence-corrected chi connectivity index (χ1v) is 6.89. The lowest BCUT2D eigenvalue weighted by atomic mass is 10.2. The lowest BCUT2D eigenvalue weighted by molar-refractivity contribution is 0.795. The van der Waals surface area contributed by atoms with Gasteiger partial charge in [0.1, 0.15) is 0 Å². The molecule has 0 aliphatic carbocycles. The lowest BCUT2D eigenvalue weighted by Crippen LogP contribution is -1.94. The SMILES string of the molecule is C=CCSc1nnc(-c2ccc(Br)cc2)n1C. The summed E-state index contributed by atoms with van der Waals surface area (Å²) in [5, 5.41) is 9.28. The number of benzene rings is 1. The fraction of sp³-hybridized carbons (Fsp3) is 0.167. The van der Waals surface area contributed by atoms with Crippen LogP contribution in [0.25, 0.3) is 11.4 Å². The maximum Gasteiger partial charge on any atom is 0.191 e. The average Bonchev–Trinajstić information content (AvgIpc) is 2.69. The predicted octanol–water partition coefficient (Wildman–Crippen LogP) is 3.52. The maximum absolute atomic E-state index is 4.21. The Morgan fingerprint density at radius 3 is 2.71 bits per heavy atom. The Morgan fingerprint density at radius 2 is 2.06 bits per heavy atom. The average molecular weight is 310 g/mol. The number of hydrogen-bond donors (Lipinski definition) is 0. The summed E-state index contributed by atoms with van der Waals surface area (Å²) >= 11 is 5.05. The van der Waals surface area contributed by atoms with Crippen molar-refractivity contribution in [2.24, 2.45) is 7.05 Å². The molecule has 0 radical (unpaired) electrons.